The van der Waals surface area contributed by atoms with Crippen LogP contribution in [0.4, 0.5) is 0 Å². The molecule has 0 amide bonds. The van der Waals surface area contributed by atoms with Crippen molar-refractivity contribution in [1.82, 2.24) is 0 Å². The van der Waals surface area contributed by atoms with E-state index in [1.807, 2.05) is 31.2 Å². The molecular weight excluding hydrogens is 419 g/mol. The van der Waals surface area contributed by atoms with Gasteiger partial charge < -0.3 is 11.5 Å². The molecule has 3 rings (SSSR count). The van der Waals surface area contributed by atoms with E-state index < -0.39 is 0 Å². The van der Waals surface area contributed by atoms with E-state index in [9.17, 15) is 4.79 Å². The van der Waals surface area contributed by atoms with Crippen LogP contribution in [0.1, 0.15) is 68.7 Å². The number of ether oxygens (including phenoxy) is 1. The molecule has 2 atom stereocenters. The number of carbonyl (C=O) groups is 1. The minimum absolute atomic E-state index is 0.0799. The van der Waals surface area contributed by atoms with Gasteiger partial charge in [0.25, 0.3) is 0 Å². The van der Waals surface area contributed by atoms with E-state index in [4.69, 9.17) is 16.2 Å². The third-order valence-electron chi connectivity index (χ3n) is 5.55. The third-order valence-corrected chi connectivity index (χ3v) is 5.87. The van der Waals surface area contributed by atoms with Crippen molar-refractivity contribution in [2.45, 2.75) is 70.9 Å². The Hall–Kier alpha value is -1.79. The van der Waals surface area contributed by atoms with Crippen LogP contribution in [0.15, 0.2) is 42.5 Å². The zero-order chi connectivity index (χ0) is 22.3. The molecule has 0 aromatic heterocycles. The first-order valence-electron chi connectivity index (χ1n) is 10.4. The Bertz CT molecular complexity index is 855. The summed E-state index contributed by atoms with van der Waals surface area (Å²) < 4.78 is 5.51. The molecule has 2 aromatic carbocycles. The molecule has 1 fully saturated rings. The first-order valence-corrected chi connectivity index (χ1v) is 11.0. The Labute approximate surface area is 188 Å². The fraction of sp³-hybridized carbons (Fsp3) is 0.440. The van der Waals surface area contributed by atoms with Crippen LogP contribution in [-0.4, -0.2) is 23.0 Å². The minimum atomic E-state index is -0.329. The van der Waals surface area contributed by atoms with Gasteiger partial charge in [-0.2, -0.15) is 12.1 Å². The van der Waals surface area contributed by atoms with Gasteiger partial charge in [-0.3, -0.25) is 0 Å². The molecule has 2 aromatic rings. The molecule has 0 aliphatic heterocycles. The first kappa shape index (κ1) is 24.5. The summed E-state index contributed by atoms with van der Waals surface area (Å²) in [5, 5.41) is 0. The molecule has 0 spiro atoms. The largest absolute Gasteiger partial charge is 0.676 e. The van der Waals surface area contributed by atoms with Gasteiger partial charge in [0.2, 0.25) is 0 Å². The fourth-order valence-corrected chi connectivity index (χ4v) is 3.96. The number of benzene rings is 2. The summed E-state index contributed by atoms with van der Waals surface area (Å²) in [5.74, 6) is 0.254. The van der Waals surface area contributed by atoms with Crippen LogP contribution in [-0.2, 0) is 25.5 Å². The van der Waals surface area contributed by atoms with Crippen molar-refractivity contribution in [3.8, 4) is 5.75 Å². The summed E-state index contributed by atoms with van der Waals surface area (Å²) in [5.41, 5.74) is 18.4. The SMILES string of the molecule is CC(=O)Oc1c([CH]=[Co])cc(C)cc1C(C)(C)c1ccccc1.[NH-]C1CCCCC1[NH-]. The van der Waals surface area contributed by atoms with Crippen molar-refractivity contribution in [2.75, 3.05) is 0 Å². The molecule has 0 radical (unpaired) electrons. The Morgan fingerprint density at radius 2 is 1.67 bits per heavy atom. The van der Waals surface area contributed by atoms with Crippen LogP contribution < -0.4 is 4.74 Å². The average Bonchev–Trinajstić information content (AvgIpc) is 2.72. The second-order valence-electron chi connectivity index (χ2n) is 8.41. The molecule has 165 valence electrons. The van der Waals surface area contributed by atoms with Gasteiger partial charge >= 0.3 is 139 Å². The Morgan fingerprint density at radius 1 is 1.10 bits per heavy atom. The number of aryl methyl sites for hydroxylation is 1. The third kappa shape index (κ3) is 6.35. The molecule has 0 heterocycles. The van der Waals surface area contributed by atoms with Crippen molar-refractivity contribution < 1.29 is 24.8 Å². The predicted molar refractivity (Wildman–Crippen MR) is 121 cm³/mol. The second kappa shape index (κ2) is 11.0. The van der Waals surface area contributed by atoms with Crippen LogP contribution in [0.25, 0.3) is 11.5 Å². The second-order valence-corrected chi connectivity index (χ2v) is 8.71. The van der Waals surface area contributed by atoms with Gasteiger partial charge in [0.1, 0.15) is 0 Å². The van der Waals surface area contributed by atoms with Crippen molar-refractivity contribution in [2.24, 2.45) is 0 Å². The topological polar surface area (TPSA) is 73.9 Å². The van der Waals surface area contributed by atoms with E-state index in [2.05, 4.69) is 47.3 Å². The van der Waals surface area contributed by atoms with E-state index in [0.717, 1.165) is 29.5 Å². The van der Waals surface area contributed by atoms with Crippen LogP contribution >= 0.6 is 0 Å². The van der Waals surface area contributed by atoms with E-state index >= 15 is 0 Å². The fourth-order valence-electron chi connectivity index (χ4n) is 3.74. The number of hydrogen-bond acceptors (Lipinski definition) is 2. The molecular formula is C25H32CoN2O2-2. The van der Waals surface area contributed by atoms with Crippen LogP contribution in [0, 0.1) is 6.92 Å². The molecule has 2 unspecified atom stereocenters. The van der Waals surface area contributed by atoms with Gasteiger partial charge in [0.15, 0.2) is 0 Å². The Balaban J connectivity index is 0.000000335. The number of hydrogen-bond donors (Lipinski definition) is 0. The average molecular weight is 451 g/mol. The number of esters is 1. The monoisotopic (exact) mass is 451 g/mol. The number of nitrogens with one attached hydrogen (secondary N) is 2. The van der Waals surface area contributed by atoms with Crippen LogP contribution in [0.5, 0.6) is 5.75 Å². The quantitative estimate of drug-likeness (QED) is 0.402. The van der Waals surface area contributed by atoms with Crippen LogP contribution in [0.2, 0.25) is 0 Å². The zero-order valence-electron chi connectivity index (χ0n) is 18.3. The molecule has 1 saturated carbocycles. The summed E-state index contributed by atoms with van der Waals surface area (Å²) in [4.78, 5) is 13.2. The van der Waals surface area contributed by atoms with Crippen molar-refractivity contribution in [3.63, 3.8) is 0 Å². The maximum absolute atomic E-state index is 11.5. The zero-order valence-corrected chi connectivity index (χ0v) is 19.3. The minimum Gasteiger partial charge on any atom is -0.676 e. The summed E-state index contributed by atoms with van der Waals surface area (Å²) in [6.45, 7) is 7.71. The Morgan fingerprint density at radius 3 is 2.13 bits per heavy atom. The standard InChI is InChI=1S/C19H20O2.C6H12N2.Co/c1-13-11-14(2)18(21-15(3)20)17(12-13)19(4,5)16-9-7-6-8-10-16;7-5-3-1-2-4-6(5)8;/h2,6-12H,1,3-5H3;5-8H,1-4H2;/q;-2;. The summed E-state index contributed by atoms with van der Waals surface area (Å²) >= 11 is 4.32. The number of carbonyl (C=O) groups excluding carboxylic acids is 1. The summed E-state index contributed by atoms with van der Waals surface area (Å²) in [7, 11) is 0. The molecule has 30 heavy (non-hydrogen) atoms. The smallest absolute Gasteiger partial charge is 0.0548 e. The van der Waals surface area contributed by atoms with E-state index in [1.165, 1.54) is 25.3 Å². The predicted octanol–water partition coefficient (Wildman–Crippen LogP) is 6.35. The normalized spacial score (nSPS) is 18.8. The van der Waals surface area contributed by atoms with Crippen LogP contribution in [0.3, 0.4) is 0 Å². The maximum Gasteiger partial charge on any atom is -0.0548 e. The van der Waals surface area contributed by atoms with Gasteiger partial charge in [-0.05, 0) is 0 Å². The van der Waals surface area contributed by atoms with Crippen molar-refractivity contribution >= 4 is 10.9 Å². The van der Waals surface area contributed by atoms with Crippen molar-refractivity contribution in [3.05, 3.63) is 76.2 Å². The molecule has 4 nitrogen and oxygen atoms in total. The molecule has 2 N–H and O–H groups in total. The van der Waals surface area contributed by atoms with Crippen molar-refractivity contribution in [1.29, 1.82) is 0 Å². The van der Waals surface area contributed by atoms with Gasteiger partial charge in [-0.25, -0.2) is 0 Å². The Kier molecular flexibility index (Phi) is 8.98. The number of rotatable bonds is 4. The van der Waals surface area contributed by atoms with E-state index in [-0.39, 0.29) is 23.5 Å². The molecule has 0 bridgehead atoms. The summed E-state index contributed by atoms with van der Waals surface area (Å²) in [6.07, 6.45) is 4.25. The maximum atomic E-state index is 11.5. The molecule has 0 saturated heterocycles. The van der Waals surface area contributed by atoms with Gasteiger partial charge in [0, 0.05) is 0 Å². The molecule has 1 aliphatic carbocycles. The van der Waals surface area contributed by atoms with Gasteiger partial charge in [-0.15, -0.1) is 0 Å². The summed E-state index contributed by atoms with van der Waals surface area (Å²) in [6, 6.07) is 14.1. The first-order chi connectivity index (χ1) is 14.2. The van der Waals surface area contributed by atoms with E-state index in [1.54, 1.807) is 4.96 Å². The van der Waals surface area contributed by atoms with E-state index in [0.29, 0.717) is 5.75 Å². The molecule has 1 aliphatic rings. The van der Waals surface area contributed by atoms with Gasteiger partial charge in [0.05, 0.1) is 0 Å². The van der Waals surface area contributed by atoms with Gasteiger partial charge in [-0.1, -0.05) is 25.7 Å². The molecule has 5 heteroatoms.